The maximum atomic E-state index is 6.70. The van der Waals surface area contributed by atoms with Gasteiger partial charge in [0, 0.05) is 40.5 Å². The standard InChI is InChI=1S/C46H46N4O/c1-6-15-32-24-27-42-45(36(32)16-7-2)37-26-25-35(30-43(37)50(42)44-23-12-13-28-47-44)51-34-18-14-17-33(29-34)48-31-49(41-22-11-10-21-40(41)48)39-20-9-8-19-38(39)46(3,4)5/h8-14,17-30H,6-7,15-16,31H2,1-5H3. The molecule has 0 fully saturated rings. The highest BCUT2D eigenvalue weighted by Gasteiger charge is 2.31. The van der Waals surface area contributed by atoms with Gasteiger partial charge in [-0.15, -0.1) is 0 Å². The molecule has 7 aromatic rings. The van der Waals surface area contributed by atoms with E-state index in [9.17, 15) is 0 Å². The van der Waals surface area contributed by atoms with Crippen LogP contribution in [0.2, 0.25) is 0 Å². The summed E-state index contributed by atoms with van der Waals surface area (Å²) in [7, 11) is 0. The minimum atomic E-state index is 0.0193. The number of benzene rings is 5. The molecule has 0 atom stereocenters. The van der Waals surface area contributed by atoms with Gasteiger partial charge >= 0.3 is 0 Å². The van der Waals surface area contributed by atoms with E-state index in [4.69, 9.17) is 9.72 Å². The molecule has 1 aliphatic heterocycles. The lowest BCUT2D eigenvalue weighted by Crippen LogP contribution is -2.26. The highest BCUT2D eigenvalue weighted by Crippen LogP contribution is 2.47. The van der Waals surface area contributed by atoms with Gasteiger partial charge in [-0.3, -0.25) is 4.57 Å². The highest BCUT2D eigenvalue weighted by molar-refractivity contribution is 6.11. The first-order valence-electron chi connectivity index (χ1n) is 18.4. The molecule has 0 spiro atoms. The lowest BCUT2D eigenvalue weighted by molar-refractivity contribution is 0.483. The van der Waals surface area contributed by atoms with Crippen LogP contribution in [0.25, 0.3) is 27.6 Å². The number of ether oxygens (including phenoxy) is 1. The normalized spacial score (nSPS) is 13.0. The number of nitrogens with zero attached hydrogens (tertiary/aromatic N) is 4. The number of aromatic nitrogens is 2. The number of rotatable bonds is 9. The van der Waals surface area contributed by atoms with E-state index in [1.807, 2.05) is 18.3 Å². The molecular weight excluding hydrogens is 625 g/mol. The van der Waals surface area contributed by atoms with Crippen LogP contribution in [0, 0.1) is 0 Å². The Labute approximate surface area is 301 Å². The van der Waals surface area contributed by atoms with Crippen molar-refractivity contribution in [3.8, 4) is 17.3 Å². The number of fused-ring (bicyclic) bond motifs is 4. The Bertz CT molecular complexity index is 2350. The highest BCUT2D eigenvalue weighted by atomic mass is 16.5. The van der Waals surface area contributed by atoms with Crippen molar-refractivity contribution in [2.45, 2.75) is 65.7 Å². The first-order valence-corrected chi connectivity index (χ1v) is 18.4. The van der Waals surface area contributed by atoms with E-state index in [0.29, 0.717) is 6.67 Å². The average molecular weight is 671 g/mol. The molecule has 0 amide bonds. The summed E-state index contributed by atoms with van der Waals surface area (Å²) < 4.78 is 9.00. The first kappa shape index (κ1) is 32.6. The Morgan fingerprint density at radius 2 is 1.37 bits per heavy atom. The quantitative estimate of drug-likeness (QED) is 0.153. The van der Waals surface area contributed by atoms with Gasteiger partial charge in [0.25, 0.3) is 0 Å². The third-order valence-electron chi connectivity index (χ3n) is 10.1. The topological polar surface area (TPSA) is 33.5 Å². The Kier molecular flexibility index (Phi) is 8.51. The molecule has 0 saturated carbocycles. The van der Waals surface area contributed by atoms with Gasteiger partial charge in [0.2, 0.25) is 0 Å². The second-order valence-electron chi connectivity index (χ2n) is 14.7. The third-order valence-corrected chi connectivity index (χ3v) is 10.1. The van der Waals surface area contributed by atoms with Crippen molar-refractivity contribution in [1.82, 2.24) is 9.55 Å². The molecule has 0 bridgehead atoms. The molecule has 5 aromatic carbocycles. The van der Waals surface area contributed by atoms with Gasteiger partial charge in [0.05, 0.1) is 22.4 Å². The molecule has 51 heavy (non-hydrogen) atoms. The molecule has 3 heterocycles. The maximum Gasteiger partial charge on any atom is 0.137 e. The molecular formula is C46H46N4O. The summed E-state index contributed by atoms with van der Waals surface area (Å²) >= 11 is 0. The van der Waals surface area contributed by atoms with Crippen LogP contribution in [0.15, 0.2) is 128 Å². The van der Waals surface area contributed by atoms with Crippen LogP contribution >= 0.6 is 0 Å². The van der Waals surface area contributed by atoms with E-state index in [1.54, 1.807) is 0 Å². The lowest BCUT2D eigenvalue weighted by Gasteiger charge is -2.29. The van der Waals surface area contributed by atoms with Crippen LogP contribution in [0.1, 0.15) is 64.2 Å². The molecule has 0 N–H and O–H groups in total. The second-order valence-corrected chi connectivity index (χ2v) is 14.7. The smallest absolute Gasteiger partial charge is 0.137 e. The monoisotopic (exact) mass is 670 g/mol. The second kappa shape index (κ2) is 13.3. The van der Waals surface area contributed by atoms with Gasteiger partial charge in [-0.05, 0) is 95.6 Å². The Balaban J connectivity index is 1.18. The van der Waals surface area contributed by atoms with Crippen LogP contribution in [0.4, 0.5) is 22.7 Å². The Morgan fingerprint density at radius 3 is 2.12 bits per heavy atom. The van der Waals surface area contributed by atoms with Crippen molar-refractivity contribution < 1.29 is 4.74 Å². The zero-order valence-electron chi connectivity index (χ0n) is 30.4. The zero-order valence-corrected chi connectivity index (χ0v) is 30.4. The minimum Gasteiger partial charge on any atom is -0.457 e. The van der Waals surface area contributed by atoms with Crippen LogP contribution in [0.5, 0.6) is 11.5 Å². The summed E-state index contributed by atoms with van der Waals surface area (Å²) in [6, 6.07) is 43.2. The number of hydrogen-bond donors (Lipinski definition) is 0. The first-order chi connectivity index (χ1) is 24.9. The van der Waals surface area contributed by atoms with Crippen LogP contribution in [-0.2, 0) is 18.3 Å². The predicted octanol–water partition coefficient (Wildman–Crippen LogP) is 12.4. The third kappa shape index (κ3) is 5.91. The van der Waals surface area contributed by atoms with Crippen LogP contribution < -0.4 is 14.5 Å². The van der Waals surface area contributed by atoms with E-state index in [1.165, 1.54) is 50.0 Å². The van der Waals surface area contributed by atoms with Gasteiger partial charge in [0.15, 0.2) is 0 Å². The number of aryl methyl sites for hydroxylation is 2. The van der Waals surface area contributed by atoms with Crippen LogP contribution in [0.3, 0.4) is 0 Å². The number of para-hydroxylation sites is 3. The van der Waals surface area contributed by atoms with E-state index in [0.717, 1.165) is 54.2 Å². The molecule has 8 rings (SSSR count). The molecule has 256 valence electrons. The summed E-state index contributed by atoms with van der Waals surface area (Å²) in [4.78, 5) is 9.62. The number of hydrogen-bond acceptors (Lipinski definition) is 4. The predicted molar refractivity (Wildman–Crippen MR) is 214 cm³/mol. The molecule has 0 aliphatic carbocycles. The van der Waals surface area contributed by atoms with Gasteiger partial charge in [-0.25, -0.2) is 4.98 Å². The SMILES string of the molecule is CCCc1ccc2c(c1CCC)c1ccc(Oc3cccc(N4CN(c5ccccc5C(C)(C)C)c5ccccc54)c3)cc1n2-c1ccccn1. The summed E-state index contributed by atoms with van der Waals surface area (Å²) in [6.07, 6.45) is 6.24. The molecule has 2 aromatic heterocycles. The fourth-order valence-corrected chi connectivity index (χ4v) is 7.87. The van der Waals surface area contributed by atoms with Gasteiger partial charge < -0.3 is 14.5 Å². The number of anilines is 4. The summed E-state index contributed by atoms with van der Waals surface area (Å²) in [6.45, 7) is 12.1. The van der Waals surface area contributed by atoms with Gasteiger partial charge in [0.1, 0.15) is 24.0 Å². The van der Waals surface area contributed by atoms with E-state index in [-0.39, 0.29) is 5.41 Å². The molecule has 1 aliphatic rings. The van der Waals surface area contributed by atoms with E-state index >= 15 is 0 Å². The van der Waals surface area contributed by atoms with Gasteiger partial charge in [-0.2, -0.15) is 0 Å². The van der Waals surface area contributed by atoms with Crippen molar-refractivity contribution in [1.29, 1.82) is 0 Å². The lowest BCUT2D eigenvalue weighted by atomic mass is 9.85. The van der Waals surface area contributed by atoms with Crippen molar-refractivity contribution in [2.24, 2.45) is 0 Å². The fourth-order valence-electron chi connectivity index (χ4n) is 7.87. The van der Waals surface area contributed by atoms with E-state index < -0.39 is 0 Å². The van der Waals surface area contributed by atoms with Crippen molar-refractivity contribution in [2.75, 3.05) is 16.5 Å². The molecule has 5 heteroatoms. The molecule has 0 saturated heterocycles. The largest absolute Gasteiger partial charge is 0.457 e. The summed E-state index contributed by atoms with van der Waals surface area (Å²) in [5.74, 6) is 2.51. The fraction of sp³-hybridized carbons (Fsp3) is 0.239. The van der Waals surface area contributed by atoms with Crippen molar-refractivity contribution in [3.05, 3.63) is 144 Å². The zero-order chi connectivity index (χ0) is 35.1. The molecule has 5 nitrogen and oxygen atoms in total. The summed E-state index contributed by atoms with van der Waals surface area (Å²) in [5.41, 5.74) is 11.3. The number of pyridine rings is 1. The van der Waals surface area contributed by atoms with Crippen molar-refractivity contribution >= 4 is 44.6 Å². The van der Waals surface area contributed by atoms with E-state index in [2.05, 4.69) is 158 Å². The average Bonchev–Trinajstić information content (AvgIpc) is 3.69. The summed E-state index contributed by atoms with van der Waals surface area (Å²) in [5, 5.41) is 2.57. The van der Waals surface area contributed by atoms with Gasteiger partial charge in [-0.1, -0.05) is 96.0 Å². The van der Waals surface area contributed by atoms with Crippen molar-refractivity contribution in [3.63, 3.8) is 0 Å². The minimum absolute atomic E-state index is 0.0193. The molecule has 0 unspecified atom stereocenters. The van der Waals surface area contributed by atoms with Crippen LogP contribution in [-0.4, -0.2) is 16.2 Å². The maximum absolute atomic E-state index is 6.70. The Hall–Kier alpha value is -5.55. The Morgan fingerprint density at radius 1 is 0.647 bits per heavy atom. The molecule has 0 radical (unpaired) electrons.